The number of hydrogen-bond donors (Lipinski definition) is 1. The lowest BCUT2D eigenvalue weighted by Gasteiger charge is -2.04. The maximum Gasteiger partial charge on any atom is 0.111 e. The van der Waals surface area contributed by atoms with Crippen LogP contribution in [0.25, 0.3) is 0 Å². The molecule has 0 spiro atoms. The fraction of sp³-hybridized carbons (Fsp3) is 0.667. The predicted octanol–water partition coefficient (Wildman–Crippen LogP) is 1.31. The monoisotopic (exact) mass is 167 g/mol. The van der Waals surface area contributed by atoms with Crippen molar-refractivity contribution in [2.45, 2.75) is 33.2 Å². The Morgan fingerprint density at radius 3 is 2.33 bits per heavy atom. The minimum Gasteiger partial charge on any atom is -0.335 e. The van der Waals surface area contributed by atoms with E-state index in [9.17, 15) is 0 Å². The molecule has 0 amide bonds. The Morgan fingerprint density at radius 1 is 1.50 bits per heavy atom. The van der Waals surface area contributed by atoms with E-state index in [1.165, 1.54) is 5.69 Å². The van der Waals surface area contributed by atoms with Gasteiger partial charge in [-0.25, -0.2) is 4.98 Å². The van der Waals surface area contributed by atoms with E-state index in [1.807, 2.05) is 7.05 Å². The Balaban J connectivity index is 3.16. The summed E-state index contributed by atoms with van der Waals surface area (Å²) in [4.78, 5) is 4.47. The summed E-state index contributed by atoms with van der Waals surface area (Å²) in [5, 5.41) is 0. The van der Waals surface area contributed by atoms with Crippen molar-refractivity contribution in [3.63, 3.8) is 0 Å². The predicted molar refractivity (Wildman–Crippen MR) is 49.9 cm³/mol. The Labute approximate surface area is 73.6 Å². The SMILES string of the molecule is Cc1c(CN)nc(C(C)C)n1C. The molecule has 1 rings (SSSR count). The largest absolute Gasteiger partial charge is 0.335 e. The van der Waals surface area contributed by atoms with Gasteiger partial charge in [0.05, 0.1) is 5.69 Å². The van der Waals surface area contributed by atoms with Crippen molar-refractivity contribution in [1.29, 1.82) is 0 Å². The highest BCUT2D eigenvalue weighted by atomic mass is 15.1. The summed E-state index contributed by atoms with van der Waals surface area (Å²) in [6.07, 6.45) is 0. The first-order valence-corrected chi connectivity index (χ1v) is 4.30. The van der Waals surface area contributed by atoms with Gasteiger partial charge in [-0.1, -0.05) is 13.8 Å². The van der Waals surface area contributed by atoms with Crippen LogP contribution in [0, 0.1) is 6.92 Å². The first-order valence-electron chi connectivity index (χ1n) is 4.30. The molecule has 0 aromatic carbocycles. The van der Waals surface area contributed by atoms with Gasteiger partial charge in [-0.3, -0.25) is 0 Å². The third kappa shape index (κ3) is 1.37. The zero-order valence-corrected chi connectivity index (χ0v) is 8.26. The minimum absolute atomic E-state index is 0.467. The molecule has 1 aromatic heterocycles. The van der Waals surface area contributed by atoms with Crippen LogP contribution in [0.1, 0.15) is 37.0 Å². The summed E-state index contributed by atoms with van der Waals surface area (Å²) in [7, 11) is 2.04. The van der Waals surface area contributed by atoms with Crippen molar-refractivity contribution in [2.75, 3.05) is 0 Å². The number of hydrogen-bond acceptors (Lipinski definition) is 2. The van der Waals surface area contributed by atoms with Crippen LogP contribution in [0.4, 0.5) is 0 Å². The molecular weight excluding hydrogens is 150 g/mol. The molecule has 0 aliphatic rings. The van der Waals surface area contributed by atoms with Crippen LogP contribution in [0.3, 0.4) is 0 Å². The van der Waals surface area contributed by atoms with Gasteiger partial charge in [0, 0.05) is 25.2 Å². The topological polar surface area (TPSA) is 43.8 Å². The molecule has 0 unspecified atom stereocenters. The molecule has 0 aliphatic carbocycles. The molecule has 12 heavy (non-hydrogen) atoms. The van der Waals surface area contributed by atoms with E-state index < -0.39 is 0 Å². The molecule has 2 N–H and O–H groups in total. The van der Waals surface area contributed by atoms with Crippen LogP contribution in [-0.4, -0.2) is 9.55 Å². The maximum atomic E-state index is 5.56. The molecule has 68 valence electrons. The highest BCUT2D eigenvalue weighted by molar-refractivity contribution is 5.16. The molecular formula is C9H17N3. The molecule has 0 fully saturated rings. The zero-order chi connectivity index (χ0) is 9.30. The van der Waals surface area contributed by atoms with Gasteiger partial charge in [-0.2, -0.15) is 0 Å². The van der Waals surface area contributed by atoms with Gasteiger partial charge in [0.25, 0.3) is 0 Å². The van der Waals surface area contributed by atoms with Crippen LogP contribution >= 0.6 is 0 Å². The molecule has 0 bridgehead atoms. The molecule has 1 heterocycles. The van der Waals surface area contributed by atoms with E-state index in [0.29, 0.717) is 12.5 Å². The van der Waals surface area contributed by atoms with Gasteiger partial charge < -0.3 is 10.3 Å². The second kappa shape index (κ2) is 3.27. The van der Waals surface area contributed by atoms with Gasteiger partial charge in [0.1, 0.15) is 5.82 Å². The fourth-order valence-electron chi connectivity index (χ4n) is 1.37. The first-order chi connectivity index (χ1) is 5.57. The summed E-state index contributed by atoms with van der Waals surface area (Å²) in [5.74, 6) is 1.59. The number of aromatic nitrogens is 2. The van der Waals surface area contributed by atoms with Crippen LogP contribution in [-0.2, 0) is 13.6 Å². The van der Waals surface area contributed by atoms with Crippen LogP contribution in [0.15, 0.2) is 0 Å². The Kier molecular flexibility index (Phi) is 2.52. The van der Waals surface area contributed by atoms with Gasteiger partial charge in [-0.15, -0.1) is 0 Å². The average molecular weight is 167 g/mol. The Hall–Kier alpha value is -0.830. The lowest BCUT2D eigenvalue weighted by atomic mass is 10.2. The lowest BCUT2D eigenvalue weighted by molar-refractivity contribution is 0.700. The number of rotatable bonds is 2. The van der Waals surface area contributed by atoms with Crippen molar-refractivity contribution in [1.82, 2.24) is 9.55 Å². The summed E-state index contributed by atoms with van der Waals surface area (Å²) < 4.78 is 2.12. The van der Waals surface area contributed by atoms with Gasteiger partial charge >= 0.3 is 0 Å². The number of nitrogens with two attached hydrogens (primary N) is 1. The molecule has 0 atom stereocenters. The van der Waals surface area contributed by atoms with E-state index in [2.05, 4.69) is 30.3 Å². The smallest absolute Gasteiger partial charge is 0.111 e. The van der Waals surface area contributed by atoms with E-state index in [0.717, 1.165) is 11.5 Å². The van der Waals surface area contributed by atoms with Gasteiger partial charge in [-0.05, 0) is 6.92 Å². The molecule has 3 heteroatoms. The fourth-order valence-corrected chi connectivity index (χ4v) is 1.37. The first kappa shape index (κ1) is 9.26. The second-order valence-electron chi connectivity index (χ2n) is 3.42. The van der Waals surface area contributed by atoms with E-state index in [1.54, 1.807) is 0 Å². The maximum absolute atomic E-state index is 5.56. The summed E-state index contributed by atoms with van der Waals surface area (Å²) >= 11 is 0. The standard InChI is InChI=1S/C9H17N3/c1-6(2)9-11-8(5-10)7(3)12(9)4/h6H,5,10H2,1-4H3. The van der Waals surface area contributed by atoms with Gasteiger partial charge in [0.2, 0.25) is 0 Å². The molecule has 0 saturated carbocycles. The van der Waals surface area contributed by atoms with E-state index >= 15 is 0 Å². The molecule has 3 nitrogen and oxygen atoms in total. The van der Waals surface area contributed by atoms with Gasteiger partial charge in [0.15, 0.2) is 0 Å². The Morgan fingerprint density at radius 2 is 2.08 bits per heavy atom. The van der Waals surface area contributed by atoms with E-state index in [-0.39, 0.29) is 0 Å². The van der Waals surface area contributed by atoms with E-state index in [4.69, 9.17) is 5.73 Å². The summed E-state index contributed by atoms with van der Waals surface area (Å²) in [6.45, 7) is 6.87. The summed E-state index contributed by atoms with van der Waals surface area (Å²) in [6, 6.07) is 0. The van der Waals surface area contributed by atoms with Crippen molar-refractivity contribution in [3.8, 4) is 0 Å². The molecule has 0 saturated heterocycles. The normalized spacial score (nSPS) is 11.2. The Bertz CT molecular complexity index is 274. The molecule has 0 aliphatic heterocycles. The van der Waals surface area contributed by atoms with Crippen molar-refractivity contribution >= 4 is 0 Å². The third-order valence-corrected chi connectivity index (χ3v) is 2.22. The molecule has 1 aromatic rings. The zero-order valence-electron chi connectivity index (χ0n) is 8.26. The summed E-state index contributed by atoms with van der Waals surface area (Å²) in [5.41, 5.74) is 7.75. The lowest BCUT2D eigenvalue weighted by Crippen LogP contribution is -2.01. The number of nitrogens with zero attached hydrogens (tertiary/aromatic N) is 2. The average Bonchev–Trinajstić information content (AvgIpc) is 2.30. The highest BCUT2D eigenvalue weighted by Gasteiger charge is 2.11. The van der Waals surface area contributed by atoms with Crippen molar-refractivity contribution < 1.29 is 0 Å². The minimum atomic E-state index is 0.467. The van der Waals surface area contributed by atoms with Crippen molar-refractivity contribution in [2.24, 2.45) is 12.8 Å². The highest BCUT2D eigenvalue weighted by Crippen LogP contribution is 2.16. The molecule has 0 radical (unpaired) electrons. The third-order valence-electron chi connectivity index (χ3n) is 2.22. The van der Waals surface area contributed by atoms with Crippen LogP contribution in [0.5, 0.6) is 0 Å². The quantitative estimate of drug-likeness (QED) is 0.721. The second-order valence-corrected chi connectivity index (χ2v) is 3.42. The van der Waals surface area contributed by atoms with Crippen LogP contribution < -0.4 is 5.73 Å². The van der Waals surface area contributed by atoms with Crippen LogP contribution in [0.2, 0.25) is 0 Å². The number of imidazole rings is 1. The van der Waals surface area contributed by atoms with Crippen molar-refractivity contribution in [3.05, 3.63) is 17.2 Å².